The van der Waals surface area contributed by atoms with Crippen molar-refractivity contribution in [1.82, 2.24) is 4.98 Å². The van der Waals surface area contributed by atoms with Gasteiger partial charge in [0.15, 0.2) is 0 Å². The molecule has 0 aliphatic rings. The van der Waals surface area contributed by atoms with Crippen molar-refractivity contribution in [3.05, 3.63) is 92.3 Å². The summed E-state index contributed by atoms with van der Waals surface area (Å²) >= 11 is 0. The molecule has 2 aromatic heterocycles. The maximum atomic E-state index is 12.3. The third-order valence-electron chi connectivity index (χ3n) is 5.57. The van der Waals surface area contributed by atoms with Crippen molar-refractivity contribution >= 4 is 22.9 Å². The molecule has 0 saturated carbocycles. The molecule has 0 amide bonds. The number of para-hydroxylation sites is 1. The molecule has 8 heteroatoms. The summed E-state index contributed by atoms with van der Waals surface area (Å²) in [4.78, 5) is 30.8. The van der Waals surface area contributed by atoms with Gasteiger partial charge in [-0.2, -0.15) is 0 Å². The van der Waals surface area contributed by atoms with Crippen LogP contribution in [0.3, 0.4) is 0 Å². The monoisotopic (exact) mass is 446 g/mol. The minimum Gasteiger partial charge on any atom is -0.505 e. The van der Waals surface area contributed by atoms with Gasteiger partial charge in [-0.1, -0.05) is 25.1 Å². The van der Waals surface area contributed by atoms with Gasteiger partial charge in [0, 0.05) is 25.4 Å². The number of benzene rings is 1. The average molecular weight is 447 g/mol. The number of furan rings is 1. The summed E-state index contributed by atoms with van der Waals surface area (Å²) in [6, 6.07) is 14.3. The molecular weight excluding hydrogens is 420 g/mol. The number of hydrogen-bond donors (Lipinski definition) is 3. The van der Waals surface area contributed by atoms with E-state index in [4.69, 9.17) is 4.42 Å². The predicted octanol–water partition coefficient (Wildman–Crippen LogP) is 4.23. The van der Waals surface area contributed by atoms with Crippen molar-refractivity contribution in [2.24, 2.45) is 0 Å². The van der Waals surface area contributed by atoms with E-state index in [1.54, 1.807) is 24.4 Å². The van der Waals surface area contributed by atoms with Crippen LogP contribution in [0.4, 0.5) is 22.9 Å². The molecule has 0 unspecified atom stereocenters. The molecule has 0 fully saturated rings. The summed E-state index contributed by atoms with van der Waals surface area (Å²) in [5.41, 5.74) is 0.101. The maximum absolute atomic E-state index is 12.3. The lowest BCUT2D eigenvalue weighted by Gasteiger charge is -2.22. The number of phenolic OH excluding ortho intramolecular Hbond substituents is 1. The normalized spacial score (nSPS) is 12.0. The molecule has 0 aliphatic heterocycles. The van der Waals surface area contributed by atoms with Crippen LogP contribution in [0.25, 0.3) is 0 Å². The van der Waals surface area contributed by atoms with Gasteiger partial charge in [-0.3, -0.25) is 9.59 Å². The lowest BCUT2D eigenvalue weighted by atomic mass is 10.1. The second-order valence-electron chi connectivity index (χ2n) is 7.94. The molecule has 33 heavy (non-hydrogen) atoms. The van der Waals surface area contributed by atoms with E-state index in [2.05, 4.69) is 15.6 Å². The van der Waals surface area contributed by atoms with Crippen LogP contribution in [0.15, 0.2) is 68.7 Å². The molecular formula is C25H26N4O4. The van der Waals surface area contributed by atoms with Crippen molar-refractivity contribution in [2.75, 3.05) is 22.6 Å². The van der Waals surface area contributed by atoms with Crippen LogP contribution in [0.5, 0.6) is 5.75 Å². The van der Waals surface area contributed by atoms with Crippen molar-refractivity contribution in [2.45, 2.75) is 32.9 Å². The molecule has 0 aliphatic carbocycles. The van der Waals surface area contributed by atoms with E-state index >= 15 is 0 Å². The SMILES string of the molecule is CC[C@@H](Nc1c(Nc2cccc(CN(C)c3ccccn3)c2O)c(=O)c1=O)c1ccc(C)o1. The number of phenols is 1. The van der Waals surface area contributed by atoms with Gasteiger partial charge in [0.25, 0.3) is 10.9 Å². The van der Waals surface area contributed by atoms with Gasteiger partial charge in [0.05, 0.1) is 11.7 Å². The van der Waals surface area contributed by atoms with Gasteiger partial charge >= 0.3 is 0 Å². The zero-order chi connectivity index (χ0) is 23.5. The van der Waals surface area contributed by atoms with E-state index in [9.17, 15) is 14.7 Å². The summed E-state index contributed by atoms with van der Waals surface area (Å²) in [7, 11) is 1.88. The highest BCUT2D eigenvalue weighted by molar-refractivity contribution is 5.81. The Kier molecular flexibility index (Phi) is 6.17. The highest BCUT2D eigenvalue weighted by Gasteiger charge is 2.25. The Morgan fingerprint density at radius 1 is 1.06 bits per heavy atom. The fourth-order valence-corrected chi connectivity index (χ4v) is 3.71. The molecule has 170 valence electrons. The lowest BCUT2D eigenvalue weighted by molar-refractivity contribution is 0.452. The predicted molar refractivity (Wildman–Crippen MR) is 129 cm³/mol. The zero-order valence-corrected chi connectivity index (χ0v) is 18.8. The molecule has 3 N–H and O–H groups in total. The average Bonchev–Trinajstić information content (AvgIpc) is 3.27. The first-order valence-corrected chi connectivity index (χ1v) is 10.7. The minimum absolute atomic E-state index is 0.00739. The Bertz CT molecular complexity index is 1320. The standard InChI is InChI=1S/C25H26N4O4/c1-4-17(19-12-11-15(2)33-19)27-21-22(25(32)24(21)31)28-18-9-7-8-16(23(18)30)14-29(3)20-10-5-6-13-26-20/h5-13,17,27-28,30H,4,14H2,1-3H3/t17-/m1/s1. The van der Waals surface area contributed by atoms with Crippen molar-refractivity contribution < 1.29 is 9.52 Å². The van der Waals surface area contributed by atoms with E-state index in [0.717, 1.165) is 11.6 Å². The number of pyridine rings is 1. The molecule has 4 aromatic rings. The highest BCUT2D eigenvalue weighted by atomic mass is 16.3. The molecule has 0 radical (unpaired) electrons. The van der Waals surface area contributed by atoms with Crippen molar-refractivity contribution in [1.29, 1.82) is 0 Å². The minimum atomic E-state index is -0.626. The van der Waals surface area contributed by atoms with Gasteiger partial charge in [0.1, 0.15) is 34.5 Å². The van der Waals surface area contributed by atoms with Crippen LogP contribution in [0.1, 0.15) is 36.5 Å². The van der Waals surface area contributed by atoms with Gasteiger partial charge in [-0.25, -0.2) is 4.98 Å². The van der Waals surface area contributed by atoms with Crippen LogP contribution >= 0.6 is 0 Å². The van der Waals surface area contributed by atoms with Gasteiger partial charge in [0.2, 0.25) is 0 Å². The third-order valence-corrected chi connectivity index (χ3v) is 5.57. The largest absolute Gasteiger partial charge is 0.505 e. The van der Waals surface area contributed by atoms with Gasteiger partial charge < -0.3 is 25.1 Å². The first kappa shape index (κ1) is 22.1. The second kappa shape index (κ2) is 9.20. The van der Waals surface area contributed by atoms with Gasteiger partial charge in [-0.05, 0) is 43.7 Å². The second-order valence-corrected chi connectivity index (χ2v) is 7.94. The summed E-state index contributed by atoms with van der Waals surface area (Å²) in [5.74, 6) is 2.23. The number of nitrogens with one attached hydrogen (secondary N) is 2. The van der Waals surface area contributed by atoms with E-state index < -0.39 is 10.9 Å². The number of hydrogen-bond acceptors (Lipinski definition) is 8. The molecule has 1 atom stereocenters. The third kappa shape index (κ3) is 4.45. The lowest BCUT2D eigenvalue weighted by Crippen LogP contribution is -2.37. The molecule has 8 nitrogen and oxygen atoms in total. The van der Waals surface area contributed by atoms with Crippen LogP contribution < -0.4 is 26.4 Å². The molecule has 2 aromatic carbocycles. The maximum Gasteiger partial charge on any atom is 0.253 e. The fourth-order valence-electron chi connectivity index (χ4n) is 3.71. The summed E-state index contributed by atoms with van der Waals surface area (Å²) < 4.78 is 5.68. The number of anilines is 4. The fraction of sp³-hybridized carbons (Fsp3) is 0.240. The summed E-state index contributed by atoms with van der Waals surface area (Å²) in [5, 5.41) is 16.9. The Morgan fingerprint density at radius 2 is 1.85 bits per heavy atom. The molecule has 2 heterocycles. The summed E-state index contributed by atoms with van der Waals surface area (Å²) in [6.07, 6.45) is 2.36. The number of rotatable bonds is 9. The number of aromatic hydroxyl groups is 1. The number of aromatic nitrogens is 1. The van der Waals surface area contributed by atoms with Crippen LogP contribution in [0.2, 0.25) is 0 Å². The Hall–Kier alpha value is -4.07. The van der Waals surface area contributed by atoms with Crippen LogP contribution in [-0.2, 0) is 6.54 Å². The zero-order valence-electron chi connectivity index (χ0n) is 18.8. The molecule has 0 bridgehead atoms. The van der Waals surface area contributed by atoms with E-state index in [0.29, 0.717) is 30.0 Å². The highest BCUT2D eigenvalue weighted by Crippen LogP contribution is 2.34. The van der Waals surface area contributed by atoms with E-state index in [-0.39, 0.29) is 23.2 Å². The Morgan fingerprint density at radius 3 is 2.52 bits per heavy atom. The summed E-state index contributed by atoms with van der Waals surface area (Å²) in [6.45, 7) is 4.22. The van der Waals surface area contributed by atoms with E-state index in [1.165, 1.54) is 0 Å². The van der Waals surface area contributed by atoms with E-state index in [1.807, 2.05) is 56.1 Å². The van der Waals surface area contributed by atoms with Crippen LogP contribution in [0, 0.1) is 6.92 Å². The first-order chi connectivity index (χ1) is 15.9. The number of aryl methyl sites for hydroxylation is 1. The Balaban J connectivity index is 1.55. The topological polar surface area (TPSA) is 108 Å². The van der Waals surface area contributed by atoms with Crippen LogP contribution in [-0.4, -0.2) is 17.1 Å². The molecule has 0 saturated heterocycles. The van der Waals surface area contributed by atoms with Crippen molar-refractivity contribution in [3.8, 4) is 5.75 Å². The smallest absolute Gasteiger partial charge is 0.253 e. The van der Waals surface area contributed by atoms with Gasteiger partial charge in [-0.15, -0.1) is 0 Å². The molecule has 4 rings (SSSR count). The number of nitrogens with zero attached hydrogens (tertiary/aromatic N) is 2. The van der Waals surface area contributed by atoms with Crippen molar-refractivity contribution in [3.63, 3.8) is 0 Å². The molecule has 0 spiro atoms. The Labute approximate surface area is 191 Å². The first-order valence-electron chi connectivity index (χ1n) is 10.7. The quantitative estimate of drug-likeness (QED) is 0.259.